The topological polar surface area (TPSA) is 30.5 Å². The lowest BCUT2D eigenvalue weighted by atomic mass is 10.2. The van der Waals surface area contributed by atoms with E-state index in [1.807, 2.05) is 31.2 Å². The number of benzene rings is 1. The molecule has 0 heterocycles. The standard InChI is InChI=1S/C14H23NO2/c1-4-12(15-5-2)11-17-14-9-7-8-13(10-14)16-6-3/h7-10,12,15H,4-6,11H2,1-3H3. The van der Waals surface area contributed by atoms with Gasteiger partial charge in [0.1, 0.15) is 18.1 Å². The zero-order chi connectivity index (χ0) is 12.5. The molecule has 1 rings (SSSR count). The molecule has 1 unspecified atom stereocenters. The second-order valence-electron chi connectivity index (χ2n) is 3.88. The van der Waals surface area contributed by atoms with Crippen LogP contribution >= 0.6 is 0 Å². The lowest BCUT2D eigenvalue weighted by Crippen LogP contribution is -2.33. The fourth-order valence-corrected chi connectivity index (χ4v) is 1.63. The van der Waals surface area contributed by atoms with E-state index in [-0.39, 0.29) is 0 Å². The maximum Gasteiger partial charge on any atom is 0.123 e. The molecule has 1 atom stereocenters. The first kappa shape index (κ1) is 13.8. The fourth-order valence-electron chi connectivity index (χ4n) is 1.63. The second-order valence-corrected chi connectivity index (χ2v) is 3.88. The highest BCUT2D eigenvalue weighted by Gasteiger charge is 2.05. The van der Waals surface area contributed by atoms with Gasteiger partial charge in [0, 0.05) is 12.1 Å². The summed E-state index contributed by atoms with van der Waals surface area (Å²) in [6.07, 6.45) is 1.07. The molecule has 96 valence electrons. The minimum atomic E-state index is 0.413. The van der Waals surface area contributed by atoms with Crippen molar-refractivity contribution in [2.24, 2.45) is 0 Å². The molecule has 1 N–H and O–H groups in total. The van der Waals surface area contributed by atoms with Crippen LogP contribution in [0.1, 0.15) is 27.2 Å². The van der Waals surface area contributed by atoms with E-state index in [1.54, 1.807) is 0 Å². The number of hydrogen-bond donors (Lipinski definition) is 1. The van der Waals surface area contributed by atoms with Gasteiger partial charge in [-0.1, -0.05) is 19.9 Å². The van der Waals surface area contributed by atoms with Gasteiger partial charge in [-0.05, 0) is 32.0 Å². The largest absolute Gasteiger partial charge is 0.494 e. The zero-order valence-corrected chi connectivity index (χ0v) is 11.0. The number of ether oxygens (including phenoxy) is 2. The Kier molecular flexibility index (Phi) is 6.48. The lowest BCUT2D eigenvalue weighted by molar-refractivity contribution is 0.260. The molecule has 0 radical (unpaired) electrons. The summed E-state index contributed by atoms with van der Waals surface area (Å²) in [5, 5.41) is 3.39. The summed E-state index contributed by atoms with van der Waals surface area (Å²) < 4.78 is 11.2. The van der Waals surface area contributed by atoms with Crippen molar-refractivity contribution in [2.45, 2.75) is 33.2 Å². The Balaban J connectivity index is 2.47. The molecular weight excluding hydrogens is 214 g/mol. The van der Waals surface area contributed by atoms with Crippen molar-refractivity contribution < 1.29 is 9.47 Å². The molecule has 1 aromatic carbocycles. The van der Waals surface area contributed by atoms with Crippen molar-refractivity contribution in [1.82, 2.24) is 5.32 Å². The Morgan fingerprint density at radius 2 is 1.82 bits per heavy atom. The molecule has 0 spiro atoms. The quantitative estimate of drug-likeness (QED) is 0.754. The van der Waals surface area contributed by atoms with E-state index in [2.05, 4.69) is 19.2 Å². The number of likely N-dealkylation sites (N-methyl/N-ethyl adjacent to an activating group) is 1. The third-order valence-electron chi connectivity index (χ3n) is 2.55. The normalized spacial score (nSPS) is 12.2. The average Bonchev–Trinajstić information content (AvgIpc) is 2.35. The lowest BCUT2D eigenvalue weighted by Gasteiger charge is -2.16. The van der Waals surface area contributed by atoms with E-state index in [9.17, 15) is 0 Å². The summed E-state index contributed by atoms with van der Waals surface area (Å²) in [7, 11) is 0. The molecule has 17 heavy (non-hydrogen) atoms. The van der Waals surface area contributed by atoms with Crippen LogP contribution in [0, 0.1) is 0 Å². The van der Waals surface area contributed by atoms with Crippen molar-refractivity contribution >= 4 is 0 Å². The molecule has 0 amide bonds. The molecule has 0 fully saturated rings. The van der Waals surface area contributed by atoms with Crippen molar-refractivity contribution in [3.63, 3.8) is 0 Å². The summed E-state index contributed by atoms with van der Waals surface area (Å²) in [5.74, 6) is 1.73. The molecule has 0 saturated carbocycles. The maximum atomic E-state index is 5.76. The molecule has 0 bridgehead atoms. The van der Waals surface area contributed by atoms with E-state index in [0.717, 1.165) is 24.5 Å². The highest BCUT2D eigenvalue weighted by Crippen LogP contribution is 2.19. The molecule has 0 aliphatic heterocycles. The first-order valence-electron chi connectivity index (χ1n) is 6.39. The molecule has 0 aliphatic carbocycles. The second kappa shape index (κ2) is 7.96. The predicted octanol–water partition coefficient (Wildman–Crippen LogP) is 2.85. The molecule has 0 aliphatic rings. The molecule has 0 saturated heterocycles. The minimum Gasteiger partial charge on any atom is -0.494 e. The average molecular weight is 237 g/mol. The van der Waals surface area contributed by atoms with E-state index >= 15 is 0 Å². The van der Waals surface area contributed by atoms with Crippen LogP contribution < -0.4 is 14.8 Å². The van der Waals surface area contributed by atoms with Crippen LogP contribution in [0.15, 0.2) is 24.3 Å². The summed E-state index contributed by atoms with van der Waals surface area (Å²) in [5.41, 5.74) is 0. The van der Waals surface area contributed by atoms with Crippen LogP contribution in [0.2, 0.25) is 0 Å². The fraction of sp³-hybridized carbons (Fsp3) is 0.571. The van der Waals surface area contributed by atoms with Gasteiger partial charge < -0.3 is 14.8 Å². The van der Waals surface area contributed by atoms with Gasteiger partial charge in [0.2, 0.25) is 0 Å². The predicted molar refractivity (Wildman–Crippen MR) is 70.9 cm³/mol. The smallest absolute Gasteiger partial charge is 0.123 e. The van der Waals surface area contributed by atoms with Gasteiger partial charge in [0.25, 0.3) is 0 Å². The Hall–Kier alpha value is -1.22. The van der Waals surface area contributed by atoms with Gasteiger partial charge in [0.15, 0.2) is 0 Å². The molecule has 3 heteroatoms. The van der Waals surface area contributed by atoms with Crippen LogP contribution in [-0.2, 0) is 0 Å². The van der Waals surface area contributed by atoms with Gasteiger partial charge in [-0.15, -0.1) is 0 Å². The van der Waals surface area contributed by atoms with E-state index in [0.29, 0.717) is 19.3 Å². The van der Waals surface area contributed by atoms with E-state index < -0.39 is 0 Å². The molecule has 3 nitrogen and oxygen atoms in total. The van der Waals surface area contributed by atoms with Gasteiger partial charge in [0.05, 0.1) is 6.61 Å². The zero-order valence-electron chi connectivity index (χ0n) is 11.0. The van der Waals surface area contributed by atoms with Crippen LogP contribution in [0.5, 0.6) is 11.5 Å². The maximum absolute atomic E-state index is 5.76. The first-order chi connectivity index (χ1) is 8.30. The summed E-state index contributed by atoms with van der Waals surface area (Å²) >= 11 is 0. The van der Waals surface area contributed by atoms with Crippen molar-refractivity contribution in [1.29, 1.82) is 0 Å². The molecule has 1 aromatic rings. The Labute approximate surface area is 104 Å². The van der Waals surface area contributed by atoms with Crippen molar-refractivity contribution in [3.05, 3.63) is 24.3 Å². The Bertz CT molecular complexity index is 315. The summed E-state index contributed by atoms with van der Waals surface area (Å²) in [6.45, 7) is 8.59. The van der Waals surface area contributed by atoms with E-state index in [1.165, 1.54) is 0 Å². The van der Waals surface area contributed by atoms with Gasteiger partial charge in [-0.2, -0.15) is 0 Å². The summed E-state index contributed by atoms with van der Waals surface area (Å²) in [6, 6.07) is 8.20. The van der Waals surface area contributed by atoms with Gasteiger partial charge in [-0.25, -0.2) is 0 Å². The number of nitrogens with one attached hydrogen (secondary N) is 1. The highest BCUT2D eigenvalue weighted by molar-refractivity contribution is 5.32. The van der Waals surface area contributed by atoms with Crippen LogP contribution in [0.25, 0.3) is 0 Å². The Morgan fingerprint density at radius 1 is 1.12 bits per heavy atom. The third-order valence-corrected chi connectivity index (χ3v) is 2.55. The Morgan fingerprint density at radius 3 is 2.41 bits per heavy atom. The van der Waals surface area contributed by atoms with Crippen LogP contribution in [0.4, 0.5) is 0 Å². The molecule has 0 aromatic heterocycles. The minimum absolute atomic E-state index is 0.413. The van der Waals surface area contributed by atoms with Crippen molar-refractivity contribution in [3.8, 4) is 11.5 Å². The number of rotatable bonds is 8. The van der Waals surface area contributed by atoms with Crippen molar-refractivity contribution in [2.75, 3.05) is 19.8 Å². The van der Waals surface area contributed by atoms with Gasteiger partial charge in [-0.3, -0.25) is 0 Å². The third kappa shape index (κ3) is 5.09. The number of hydrogen-bond acceptors (Lipinski definition) is 3. The molecular formula is C14H23NO2. The van der Waals surface area contributed by atoms with E-state index in [4.69, 9.17) is 9.47 Å². The van der Waals surface area contributed by atoms with Gasteiger partial charge >= 0.3 is 0 Å². The monoisotopic (exact) mass is 237 g/mol. The summed E-state index contributed by atoms with van der Waals surface area (Å²) in [4.78, 5) is 0. The van der Waals surface area contributed by atoms with Crippen LogP contribution in [-0.4, -0.2) is 25.8 Å². The highest BCUT2D eigenvalue weighted by atomic mass is 16.5. The first-order valence-corrected chi connectivity index (χ1v) is 6.39. The SMILES string of the molecule is CCNC(CC)COc1cccc(OCC)c1. The van der Waals surface area contributed by atoms with Crippen LogP contribution in [0.3, 0.4) is 0 Å².